The average Bonchev–Trinajstić information content (AvgIpc) is 3.32. The molecule has 0 radical (unpaired) electrons. The maximum absolute atomic E-state index is 13.0. The summed E-state index contributed by atoms with van der Waals surface area (Å²) in [6, 6.07) is 37.8. The number of carbonyl (C=O) groups is 1. The van der Waals surface area contributed by atoms with Gasteiger partial charge in [-0.15, -0.1) is 0 Å². The second-order valence-corrected chi connectivity index (χ2v) is 9.42. The molecule has 0 unspecified atom stereocenters. The SMILES string of the molecule is CCOC(=O)CN1C(c2ccccc2)=Cc2cccc3n2c1c1c2ccccc2cc(-c2ccccc2)[n+]13. The average molecular weight is 497 g/mol. The van der Waals surface area contributed by atoms with Crippen LogP contribution in [-0.2, 0) is 9.53 Å². The van der Waals surface area contributed by atoms with E-state index < -0.39 is 0 Å². The summed E-state index contributed by atoms with van der Waals surface area (Å²) < 4.78 is 10.1. The number of carbonyl (C=O) groups excluding carboxylic acids is 1. The van der Waals surface area contributed by atoms with Gasteiger partial charge in [0.05, 0.1) is 12.3 Å². The van der Waals surface area contributed by atoms with Crippen molar-refractivity contribution >= 4 is 45.5 Å². The van der Waals surface area contributed by atoms with Crippen LogP contribution in [0.3, 0.4) is 0 Å². The van der Waals surface area contributed by atoms with Gasteiger partial charge in [-0.05, 0) is 42.1 Å². The zero-order chi connectivity index (χ0) is 25.6. The fourth-order valence-corrected chi connectivity index (χ4v) is 5.63. The minimum atomic E-state index is -0.259. The number of hydrogen-bond acceptors (Lipinski definition) is 3. The van der Waals surface area contributed by atoms with Crippen LogP contribution < -0.4 is 9.30 Å². The number of esters is 1. The lowest BCUT2D eigenvalue weighted by Gasteiger charge is -2.27. The van der Waals surface area contributed by atoms with E-state index in [9.17, 15) is 4.79 Å². The number of nitrogens with zero attached hydrogens (tertiary/aromatic N) is 3. The first-order valence-electron chi connectivity index (χ1n) is 12.9. The van der Waals surface area contributed by atoms with E-state index >= 15 is 0 Å². The second-order valence-electron chi connectivity index (χ2n) is 9.42. The van der Waals surface area contributed by atoms with Gasteiger partial charge in [0.25, 0.3) is 11.5 Å². The third kappa shape index (κ3) is 3.40. The van der Waals surface area contributed by atoms with E-state index in [4.69, 9.17) is 4.74 Å². The van der Waals surface area contributed by atoms with Gasteiger partial charge < -0.3 is 4.74 Å². The van der Waals surface area contributed by atoms with Gasteiger partial charge in [-0.3, -0.25) is 9.69 Å². The number of anilines is 1. The van der Waals surface area contributed by atoms with E-state index in [1.54, 1.807) is 0 Å². The molecule has 0 amide bonds. The van der Waals surface area contributed by atoms with Gasteiger partial charge in [0, 0.05) is 23.1 Å². The van der Waals surface area contributed by atoms with Crippen molar-refractivity contribution in [3.63, 3.8) is 0 Å². The van der Waals surface area contributed by atoms with Crippen molar-refractivity contribution in [1.29, 1.82) is 0 Å². The number of ether oxygens (including phenoxy) is 1. The molecule has 1 aliphatic heterocycles. The Bertz CT molecular complexity index is 1870. The van der Waals surface area contributed by atoms with Gasteiger partial charge in [0.2, 0.25) is 5.52 Å². The molecule has 0 bridgehead atoms. The molecule has 0 aliphatic carbocycles. The molecule has 1 aliphatic rings. The summed E-state index contributed by atoms with van der Waals surface area (Å²) in [6.45, 7) is 2.29. The minimum Gasteiger partial charge on any atom is -0.465 e. The van der Waals surface area contributed by atoms with Gasteiger partial charge in [-0.25, -0.2) is 0 Å². The van der Waals surface area contributed by atoms with E-state index in [0.29, 0.717) is 6.61 Å². The van der Waals surface area contributed by atoms with Crippen molar-refractivity contribution in [2.24, 2.45) is 0 Å². The highest BCUT2D eigenvalue weighted by molar-refractivity contribution is 6.06. The third-order valence-electron chi connectivity index (χ3n) is 7.19. The van der Waals surface area contributed by atoms with Gasteiger partial charge in [0.1, 0.15) is 17.9 Å². The standard InChI is InChI=1S/C33H26N3O2/c1-2-38-31(37)22-34-28(23-12-5-3-6-13-23)21-26-17-11-19-30-35(26)33(34)32-27-18-10-9-16-25(27)20-29(36(30)32)24-14-7-4-8-15-24/h3-21H,2,22H2,1H3/q+1. The Balaban J connectivity index is 1.64. The molecule has 0 saturated carbocycles. The maximum Gasteiger partial charge on any atom is 0.326 e. The molecule has 184 valence electrons. The molecule has 5 nitrogen and oxygen atoms in total. The number of benzene rings is 3. The normalized spacial score (nSPS) is 12.8. The summed E-state index contributed by atoms with van der Waals surface area (Å²) in [7, 11) is 0. The summed E-state index contributed by atoms with van der Waals surface area (Å²) in [5.41, 5.74) is 7.39. The molecule has 38 heavy (non-hydrogen) atoms. The molecule has 0 N–H and O–H groups in total. The Morgan fingerprint density at radius 3 is 2.29 bits per heavy atom. The van der Waals surface area contributed by atoms with Crippen molar-refractivity contribution in [2.75, 3.05) is 18.1 Å². The monoisotopic (exact) mass is 496 g/mol. The van der Waals surface area contributed by atoms with E-state index in [1.807, 2.05) is 31.2 Å². The van der Waals surface area contributed by atoms with Crippen LogP contribution in [-0.4, -0.2) is 23.5 Å². The molecule has 0 spiro atoms. The number of rotatable bonds is 5. The van der Waals surface area contributed by atoms with Crippen LogP contribution in [0.2, 0.25) is 0 Å². The predicted molar refractivity (Wildman–Crippen MR) is 152 cm³/mol. The zero-order valence-electron chi connectivity index (χ0n) is 21.0. The molecule has 0 atom stereocenters. The maximum atomic E-state index is 13.0. The Morgan fingerprint density at radius 1 is 0.816 bits per heavy atom. The smallest absolute Gasteiger partial charge is 0.326 e. The molecule has 3 aromatic heterocycles. The van der Waals surface area contributed by atoms with Crippen molar-refractivity contribution in [2.45, 2.75) is 6.92 Å². The number of pyridine rings is 2. The quantitative estimate of drug-likeness (QED) is 0.205. The van der Waals surface area contributed by atoms with Gasteiger partial charge in [0.15, 0.2) is 0 Å². The van der Waals surface area contributed by atoms with Gasteiger partial charge in [-0.2, -0.15) is 8.80 Å². The Labute approximate surface area is 220 Å². The van der Waals surface area contributed by atoms with Crippen molar-refractivity contribution in [3.8, 4) is 11.3 Å². The Morgan fingerprint density at radius 2 is 1.53 bits per heavy atom. The Hall–Kier alpha value is -4.90. The van der Waals surface area contributed by atoms with Crippen molar-refractivity contribution < 1.29 is 13.9 Å². The van der Waals surface area contributed by atoms with Crippen LogP contribution in [0.25, 0.3) is 45.0 Å². The summed E-state index contributed by atoms with van der Waals surface area (Å²) in [4.78, 5) is 15.1. The lowest BCUT2D eigenvalue weighted by atomic mass is 10.0. The molecular formula is C33H26N3O2+. The summed E-state index contributed by atoms with van der Waals surface area (Å²) in [5, 5.41) is 2.27. The van der Waals surface area contributed by atoms with Gasteiger partial charge in [-0.1, -0.05) is 78.9 Å². The molecule has 4 heterocycles. The molecule has 0 fully saturated rings. The van der Waals surface area contributed by atoms with Crippen molar-refractivity contribution in [1.82, 2.24) is 4.40 Å². The van der Waals surface area contributed by atoms with Crippen LogP contribution in [0.1, 0.15) is 18.2 Å². The van der Waals surface area contributed by atoms with E-state index in [2.05, 4.69) is 105 Å². The van der Waals surface area contributed by atoms with Crippen LogP contribution >= 0.6 is 0 Å². The highest BCUT2D eigenvalue weighted by atomic mass is 16.5. The topological polar surface area (TPSA) is 38.1 Å². The van der Waals surface area contributed by atoms with Crippen molar-refractivity contribution in [3.05, 3.63) is 120 Å². The molecular weight excluding hydrogens is 470 g/mol. The van der Waals surface area contributed by atoms with E-state index in [1.165, 1.54) is 0 Å². The zero-order valence-corrected chi connectivity index (χ0v) is 21.0. The predicted octanol–water partition coefficient (Wildman–Crippen LogP) is 6.38. The van der Waals surface area contributed by atoms with Crippen LogP contribution in [0, 0.1) is 0 Å². The second kappa shape index (κ2) is 8.89. The number of aromatic nitrogens is 2. The Kier molecular flexibility index (Phi) is 5.22. The number of hydrogen-bond donors (Lipinski definition) is 0. The third-order valence-corrected chi connectivity index (χ3v) is 7.19. The number of imidazole rings is 1. The highest BCUT2D eigenvalue weighted by Crippen LogP contribution is 2.40. The fourth-order valence-electron chi connectivity index (χ4n) is 5.63. The minimum absolute atomic E-state index is 0.106. The lowest BCUT2D eigenvalue weighted by Crippen LogP contribution is -2.33. The summed E-state index contributed by atoms with van der Waals surface area (Å²) in [6.07, 6.45) is 2.17. The molecule has 5 heteroatoms. The van der Waals surface area contributed by atoms with Crippen LogP contribution in [0.15, 0.2) is 109 Å². The van der Waals surface area contributed by atoms with Crippen LogP contribution in [0.4, 0.5) is 5.82 Å². The fraction of sp³-hybridized carbons (Fsp3) is 0.0909. The lowest BCUT2D eigenvalue weighted by molar-refractivity contribution is -0.467. The largest absolute Gasteiger partial charge is 0.465 e. The van der Waals surface area contributed by atoms with Crippen LogP contribution in [0.5, 0.6) is 0 Å². The summed E-state index contributed by atoms with van der Waals surface area (Å²) in [5.74, 6) is 0.698. The molecule has 3 aromatic carbocycles. The molecule has 7 rings (SSSR count). The molecule has 0 saturated heterocycles. The molecule has 6 aromatic rings. The highest BCUT2D eigenvalue weighted by Gasteiger charge is 2.36. The number of fused-ring (bicyclic) bond motifs is 5. The van der Waals surface area contributed by atoms with E-state index in [-0.39, 0.29) is 12.5 Å². The van der Waals surface area contributed by atoms with Gasteiger partial charge >= 0.3 is 5.97 Å². The van der Waals surface area contributed by atoms with E-state index in [0.717, 1.165) is 56.0 Å². The first kappa shape index (κ1) is 22.3. The first-order valence-corrected chi connectivity index (χ1v) is 12.9. The summed E-state index contributed by atoms with van der Waals surface area (Å²) >= 11 is 0. The first-order chi connectivity index (χ1) is 18.7.